The van der Waals surface area contributed by atoms with Crippen LogP contribution in [0.2, 0.25) is 0 Å². The first kappa shape index (κ1) is 27.2. The normalized spacial score (nSPS) is 20.1. The van der Waals surface area contributed by atoms with E-state index in [0.717, 1.165) is 57.4 Å². The second kappa shape index (κ2) is 13.6. The SMILES string of the molecule is CC(N1CCN(C(=NCCCN2CCOCC2)NCCc2ccco2)CC1)C(F)(F)F.I. The number of piperazine rings is 1. The van der Waals surface area contributed by atoms with E-state index in [0.29, 0.717) is 39.3 Å². The number of furan rings is 1. The Morgan fingerprint density at radius 2 is 1.88 bits per heavy atom. The Labute approximate surface area is 205 Å². The summed E-state index contributed by atoms with van der Waals surface area (Å²) in [5, 5.41) is 3.38. The first-order valence-corrected chi connectivity index (χ1v) is 11.1. The zero-order valence-corrected chi connectivity index (χ0v) is 21.0. The number of hydrogen-bond donors (Lipinski definition) is 1. The van der Waals surface area contributed by atoms with E-state index in [1.807, 2.05) is 12.1 Å². The summed E-state index contributed by atoms with van der Waals surface area (Å²) >= 11 is 0. The van der Waals surface area contributed by atoms with Crippen LogP contribution in [0.25, 0.3) is 0 Å². The van der Waals surface area contributed by atoms with Gasteiger partial charge >= 0.3 is 6.18 Å². The summed E-state index contributed by atoms with van der Waals surface area (Å²) in [7, 11) is 0. The van der Waals surface area contributed by atoms with Gasteiger partial charge in [0.05, 0.1) is 19.5 Å². The third kappa shape index (κ3) is 8.71. The molecule has 184 valence electrons. The number of rotatable bonds is 8. The quantitative estimate of drug-likeness (QED) is 0.224. The van der Waals surface area contributed by atoms with Crippen LogP contribution in [0.1, 0.15) is 19.1 Å². The van der Waals surface area contributed by atoms with Crippen molar-refractivity contribution in [1.29, 1.82) is 0 Å². The van der Waals surface area contributed by atoms with E-state index in [1.54, 1.807) is 6.26 Å². The molecular weight excluding hydrogens is 538 g/mol. The molecule has 3 heterocycles. The Kier molecular flexibility index (Phi) is 11.6. The summed E-state index contributed by atoms with van der Waals surface area (Å²) < 4.78 is 49.9. The highest BCUT2D eigenvalue weighted by atomic mass is 127. The molecule has 1 N–H and O–H groups in total. The molecule has 1 atom stereocenters. The van der Waals surface area contributed by atoms with Crippen molar-refractivity contribution in [3.8, 4) is 0 Å². The van der Waals surface area contributed by atoms with Crippen molar-refractivity contribution in [3.05, 3.63) is 24.2 Å². The predicted octanol–water partition coefficient (Wildman–Crippen LogP) is 2.68. The Morgan fingerprint density at radius 1 is 1.16 bits per heavy atom. The van der Waals surface area contributed by atoms with Crippen molar-refractivity contribution in [3.63, 3.8) is 0 Å². The second-order valence-electron chi connectivity index (χ2n) is 8.01. The third-order valence-corrected chi connectivity index (χ3v) is 5.87. The van der Waals surface area contributed by atoms with Crippen molar-refractivity contribution in [2.24, 2.45) is 4.99 Å². The highest BCUT2D eigenvalue weighted by Crippen LogP contribution is 2.25. The van der Waals surface area contributed by atoms with Crippen molar-refractivity contribution in [1.82, 2.24) is 20.0 Å². The van der Waals surface area contributed by atoms with Gasteiger partial charge in [0.25, 0.3) is 0 Å². The van der Waals surface area contributed by atoms with Crippen molar-refractivity contribution in [2.45, 2.75) is 32.0 Å². The average Bonchev–Trinajstić information content (AvgIpc) is 3.29. The maximum absolute atomic E-state index is 13.0. The van der Waals surface area contributed by atoms with Gasteiger partial charge in [-0.3, -0.25) is 14.8 Å². The summed E-state index contributed by atoms with van der Waals surface area (Å²) in [6.07, 6.45) is -0.879. The standard InChI is InChI=1S/C21H34F3N5O2.HI/c1-18(21(22,23)24)28-9-11-29(12-10-28)20(26-7-5-19-4-2-15-31-19)25-6-3-8-27-13-16-30-17-14-27;/h2,4,15,18H,3,5-14,16-17H2,1H3,(H,25,26);1H. The molecule has 11 heteroatoms. The lowest BCUT2D eigenvalue weighted by molar-refractivity contribution is -0.181. The largest absolute Gasteiger partial charge is 0.469 e. The number of aliphatic imine (C=N–C) groups is 1. The fourth-order valence-electron chi connectivity index (χ4n) is 3.85. The molecule has 0 saturated carbocycles. The number of nitrogens with one attached hydrogen (secondary N) is 1. The Hall–Kier alpha value is -1.05. The van der Waals surface area contributed by atoms with Gasteiger partial charge in [0.1, 0.15) is 11.8 Å². The molecule has 32 heavy (non-hydrogen) atoms. The minimum absolute atomic E-state index is 0. The lowest BCUT2D eigenvalue weighted by atomic mass is 10.2. The van der Waals surface area contributed by atoms with E-state index in [9.17, 15) is 13.2 Å². The van der Waals surface area contributed by atoms with Crippen LogP contribution in [-0.2, 0) is 11.2 Å². The van der Waals surface area contributed by atoms with Gasteiger partial charge in [-0.05, 0) is 25.5 Å². The Bertz CT molecular complexity index is 661. The van der Waals surface area contributed by atoms with Gasteiger partial charge in [-0.2, -0.15) is 13.2 Å². The molecule has 1 unspecified atom stereocenters. The summed E-state index contributed by atoms with van der Waals surface area (Å²) in [6.45, 7) is 8.81. The Balaban J connectivity index is 0.00000363. The third-order valence-electron chi connectivity index (χ3n) is 5.87. The molecule has 0 amide bonds. The van der Waals surface area contributed by atoms with E-state index in [2.05, 4.69) is 15.1 Å². The van der Waals surface area contributed by atoms with Gasteiger partial charge in [-0.15, -0.1) is 24.0 Å². The summed E-state index contributed by atoms with van der Waals surface area (Å²) in [4.78, 5) is 10.7. The van der Waals surface area contributed by atoms with Crippen molar-refractivity contribution >= 4 is 29.9 Å². The number of morpholine rings is 1. The van der Waals surface area contributed by atoms with E-state index < -0.39 is 12.2 Å². The summed E-state index contributed by atoms with van der Waals surface area (Å²) in [5.41, 5.74) is 0. The minimum Gasteiger partial charge on any atom is -0.469 e. The molecule has 7 nitrogen and oxygen atoms in total. The zero-order valence-electron chi connectivity index (χ0n) is 18.6. The molecule has 0 spiro atoms. The molecule has 2 aliphatic heterocycles. The number of nitrogens with zero attached hydrogens (tertiary/aromatic N) is 4. The molecular formula is C21H35F3IN5O2. The molecule has 1 aromatic heterocycles. The highest BCUT2D eigenvalue weighted by Gasteiger charge is 2.41. The molecule has 0 aliphatic carbocycles. The zero-order chi connectivity index (χ0) is 22.1. The maximum Gasteiger partial charge on any atom is 0.403 e. The van der Waals surface area contributed by atoms with E-state index in [4.69, 9.17) is 14.1 Å². The monoisotopic (exact) mass is 573 g/mol. The topological polar surface area (TPSA) is 56.5 Å². The van der Waals surface area contributed by atoms with Crippen molar-refractivity contribution < 1.29 is 22.3 Å². The van der Waals surface area contributed by atoms with Crippen LogP contribution < -0.4 is 5.32 Å². The first-order valence-electron chi connectivity index (χ1n) is 11.1. The molecule has 2 aliphatic rings. The second-order valence-corrected chi connectivity index (χ2v) is 8.01. The van der Waals surface area contributed by atoms with Crippen LogP contribution in [0.4, 0.5) is 13.2 Å². The fourth-order valence-corrected chi connectivity index (χ4v) is 3.85. The molecule has 2 saturated heterocycles. The lowest BCUT2D eigenvalue weighted by Gasteiger charge is -2.39. The molecule has 2 fully saturated rings. The first-order chi connectivity index (χ1) is 14.9. The average molecular weight is 573 g/mol. The predicted molar refractivity (Wildman–Crippen MR) is 129 cm³/mol. The van der Waals surface area contributed by atoms with Gasteiger partial charge in [0.15, 0.2) is 5.96 Å². The van der Waals surface area contributed by atoms with Crippen molar-refractivity contribution in [2.75, 3.05) is 72.1 Å². The van der Waals surface area contributed by atoms with Gasteiger partial charge in [0.2, 0.25) is 0 Å². The minimum atomic E-state index is -4.19. The molecule has 0 radical (unpaired) electrons. The van der Waals surface area contributed by atoms with Crippen LogP contribution in [-0.4, -0.2) is 105 Å². The van der Waals surface area contributed by atoms with Gasteiger partial charge < -0.3 is 19.4 Å². The summed E-state index contributed by atoms with van der Waals surface area (Å²) in [5.74, 6) is 1.66. The van der Waals surface area contributed by atoms with E-state index in [1.165, 1.54) is 11.8 Å². The van der Waals surface area contributed by atoms with Gasteiger partial charge in [0, 0.05) is 65.3 Å². The number of halogens is 4. The fraction of sp³-hybridized carbons (Fsp3) is 0.762. The highest BCUT2D eigenvalue weighted by molar-refractivity contribution is 14.0. The molecule has 0 bridgehead atoms. The number of alkyl halides is 3. The lowest BCUT2D eigenvalue weighted by Crippen LogP contribution is -2.57. The number of ether oxygens (including phenoxy) is 1. The summed E-state index contributed by atoms with van der Waals surface area (Å²) in [6, 6.07) is 2.37. The van der Waals surface area contributed by atoms with Crippen LogP contribution in [0.15, 0.2) is 27.8 Å². The molecule has 3 rings (SSSR count). The van der Waals surface area contributed by atoms with Crippen LogP contribution in [0, 0.1) is 0 Å². The van der Waals surface area contributed by atoms with E-state index >= 15 is 0 Å². The Morgan fingerprint density at radius 3 is 2.50 bits per heavy atom. The van der Waals surface area contributed by atoms with Crippen LogP contribution in [0.3, 0.4) is 0 Å². The van der Waals surface area contributed by atoms with Gasteiger partial charge in [-0.25, -0.2) is 0 Å². The number of guanidine groups is 1. The molecule has 1 aromatic rings. The smallest absolute Gasteiger partial charge is 0.403 e. The van der Waals surface area contributed by atoms with Crippen LogP contribution >= 0.6 is 24.0 Å². The maximum atomic E-state index is 13.0. The number of hydrogen-bond acceptors (Lipinski definition) is 5. The molecule has 0 aromatic carbocycles. The van der Waals surface area contributed by atoms with Crippen LogP contribution in [0.5, 0.6) is 0 Å². The van der Waals surface area contributed by atoms with Gasteiger partial charge in [-0.1, -0.05) is 0 Å². The van der Waals surface area contributed by atoms with E-state index in [-0.39, 0.29) is 24.0 Å².